The van der Waals surface area contributed by atoms with Crippen LogP contribution < -0.4 is 5.48 Å². The van der Waals surface area contributed by atoms with Gasteiger partial charge in [-0.15, -0.1) is 0 Å². The molecule has 57 valence electrons. The third kappa shape index (κ3) is 2.45. The van der Waals surface area contributed by atoms with Crippen molar-refractivity contribution in [3.8, 4) is 0 Å². The molecule has 0 heterocycles. The normalized spacial score (nSPS) is 9.09. The van der Waals surface area contributed by atoms with Crippen molar-refractivity contribution in [2.24, 2.45) is 0 Å². The molecule has 1 amide bonds. The van der Waals surface area contributed by atoms with Gasteiger partial charge in [0.05, 0.1) is 0 Å². The Morgan fingerprint density at radius 1 is 1.36 bits per heavy atom. The number of benzene rings is 1. The van der Waals surface area contributed by atoms with Gasteiger partial charge in [0.25, 0.3) is 0 Å². The van der Waals surface area contributed by atoms with E-state index in [0.29, 0.717) is 5.56 Å². The van der Waals surface area contributed by atoms with E-state index in [4.69, 9.17) is 0 Å². The van der Waals surface area contributed by atoms with Crippen LogP contribution in [0.3, 0.4) is 0 Å². The molecule has 0 spiro atoms. The van der Waals surface area contributed by atoms with Crippen molar-refractivity contribution in [1.82, 2.24) is 5.48 Å². The number of amides is 1. The van der Waals surface area contributed by atoms with Gasteiger partial charge in [0.2, 0.25) is 0 Å². The summed E-state index contributed by atoms with van der Waals surface area (Å²) < 4.78 is 4.47. The van der Waals surface area contributed by atoms with Crippen molar-refractivity contribution >= 4 is 5.91 Å². The van der Waals surface area contributed by atoms with Crippen molar-refractivity contribution in [1.29, 1.82) is 0 Å². The van der Waals surface area contributed by atoms with Crippen molar-refractivity contribution in [3.05, 3.63) is 35.9 Å². The summed E-state index contributed by atoms with van der Waals surface area (Å²) in [6.45, 7) is 0. The second-order valence-corrected chi connectivity index (χ2v) is 2.29. The van der Waals surface area contributed by atoms with Crippen LogP contribution in [0.5, 0.6) is 0 Å². The van der Waals surface area contributed by atoms with Gasteiger partial charge >= 0.3 is 75.8 Å². The first kappa shape index (κ1) is 8.44. The second-order valence-electron chi connectivity index (χ2n) is 1.88. The minimum atomic E-state index is -0.226. The Labute approximate surface area is 76.1 Å². The molecule has 1 aromatic rings. The number of carbonyl (C=O) groups excluding carboxylic acids is 1. The molecule has 0 radical (unpaired) electrons. The molecule has 4 heteroatoms. The van der Waals surface area contributed by atoms with Gasteiger partial charge in [-0.25, -0.2) is 0 Å². The predicted octanol–water partition coefficient (Wildman–Crippen LogP) is 0.810. The van der Waals surface area contributed by atoms with E-state index in [1.54, 1.807) is 24.3 Å². The maximum absolute atomic E-state index is 11.0. The Morgan fingerprint density at radius 3 is 2.55 bits per heavy atom. The Bertz CT molecular complexity index is 237. The second kappa shape index (κ2) is 4.26. The number of nitrogens with one attached hydrogen (secondary N) is 1. The first-order valence-electron chi connectivity index (χ1n) is 2.99. The van der Waals surface area contributed by atoms with Crippen LogP contribution in [-0.2, 0) is 23.7 Å². The number of hydrogen-bond donors (Lipinski definition) is 1. The van der Waals surface area contributed by atoms with Gasteiger partial charge in [-0.2, -0.15) is 0 Å². The molecule has 0 fully saturated rings. The van der Waals surface area contributed by atoms with Crippen LogP contribution >= 0.6 is 0 Å². The third-order valence-corrected chi connectivity index (χ3v) is 1.38. The predicted molar refractivity (Wildman–Crippen MR) is 35.0 cm³/mol. The molecule has 1 rings (SSSR count). The van der Waals surface area contributed by atoms with Crippen molar-refractivity contribution in [2.75, 3.05) is 0 Å². The first-order valence-corrected chi connectivity index (χ1v) is 3.80. The zero-order valence-corrected chi connectivity index (χ0v) is 7.62. The number of rotatable bonds is 2. The summed E-state index contributed by atoms with van der Waals surface area (Å²) in [4.78, 5) is 11.0. The quantitative estimate of drug-likeness (QED) is 0.605. The summed E-state index contributed by atoms with van der Waals surface area (Å²) in [7, 11) is 0. The van der Waals surface area contributed by atoms with Crippen molar-refractivity contribution in [2.45, 2.75) is 0 Å². The zero-order chi connectivity index (χ0) is 8.10. The van der Waals surface area contributed by atoms with Gasteiger partial charge in [0, 0.05) is 0 Å². The van der Waals surface area contributed by atoms with Crippen LogP contribution in [0.2, 0.25) is 0 Å². The maximum atomic E-state index is 11.0. The van der Waals surface area contributed by atoms with E-state index in [-0.39, 0.29) is 5.91 Å². The minimum absolute atomic E-state index is 0.226. The summed E-state index contributed by atoms with van der Waals surface area (Å²) in [6, 6.07) is 8.88. The van der Waals surface area contributed by atoms with Crippen LogP contribution in [0.4, 0.5) is 0 Å². The van der Waals surface area contributed by atoms with Crippen LogP contribution in [-0.4, -0.2) is 5.91 Å². The topological polar surface area (TPSA) is 38.3 Å². The fourth-order valence-corrected chi connectivity index (χ4v) is 0.872. The third-order valence-electron chi connectivity index (χ3n) is 1.17. The van der Waals surface area contributed by atoms with Crippen molar-refractivity contribution in [3.63, 3.8) is 0 Å². The molecule has 0 saturated heterocycles. The van der Waals surface area contributed by atoms with Crippen LogP contribution in [0.15, 0.2) is 30.3 Å². The molecular weight excluding hydrogens is 226 g/mol. The molecule has 0 atom stereocenters. The molecule has 0 aliphatic carbocycles. The zero-order valence-electron chi connectivity index (χ0n) is 5.61. The van der Waals surface area contributed by atoms with E-state index >= 15 is 0 Å². The molecular formula is C7H6MoNO2. The Morgan fingerprint density at radius 2 is 2.00 bits per heavy atom. The average Bonchev–Trinajstić information content (AvgIpc) is 2.07. The average molecular weight is 232 g/mol. The monoisotopic (exact) mass is 234 g/mol. The molecule has 0 aliphatic heterocycles. The standard InChI is InChI=1S/C7H6NO2.Mo/c9-7(8-10)6-4-2-1-3-5-6;/h1-5H,(H-,8,9,10);/q-1;+1. The van der Waals surface area contributed by atoms with Crippen LogP contribution in [0.25, 0.3) is 0 Å². The number of carbonyl (C=O) groups is 1. The summed E-state index contributed by atoms with van der Waals surface area (Å²) in [5.74, 6) is -0.226. The molecule has 0 unspecified atom stereocenters. The van der Waals surface area contributed by atoms with Gasteiger partial charge in [-0.05, 0) is 0 Å². The van der Waals surface area contributed by atoms with E-state index in [1.165, 1.54) is 20.2 Å². The summed E-state index contributed by atoms with van der Waals surface area (Å²) >= 11 is 1.34. The fourth-order valence-electron chi connectivity index (χ4n) is 0.686. The Balaban J connectivity index is 2.69. The van der Waals surface area contributed by atoms with Crippen LogP contribution in [0, 0.1) is 0 Å². The van der Waals surface area contributed by atoms with Gasteiger partial charge in [-0.1, -0.05) is 0 Å². The summed E-state index contributed by atoms with van der Waals surface area (Å²) in [5.41, 5.74) is 2.82. The van der Waals surface area contributed by atoms with E-state index in [9.17, 15) is 4.79 Å². The van der Waals surface area contributed by atoms with Gasteiger partial charge in [0.15, 0.2) is 0 Å². The fraction of sp³-hybridized carbons (Fsp3) is 0. The SMILES string of the molecule is O=C(N[O][Mo])c1ccccc1. The van der Waals surface area contributed by atoms with Gasteiger partial charge in [0.1, 0.15) is 0 Å². The van der Waals surface area contributed by atoms with Gasteiger partial charge in [-0.3, -0.25) is 0 Å². The Kier molecular flexibility index (Phi) is 3.27. The molecule has 1 aromatic carbocycles. The van der Waals surface area contributed by atoms with Crippen LogP contribution in [0.1, 0.15) is 10.4 Å². The first-order chi connectivity index (χ1) is 5.34. The Hall–Kier alpha value is -0.662. The molecule has 11 heavy (non-hydrogen) atoms. The van der Waals surface area contributed by atoms with Gasteiger partial charge < -0.3 is 0 Å². The molecule has 0 saturated carbocycles. The summed E-state index contributed by atoms with van der Waals surface area (Å²) in [5, 5.41) is 0. The summed E-state index contributed by atoms with van der Waals surface area (Å²) in [6.07, 6.45) is 0. The molecule has 0 bridgehead atoms. The van der Waals surface area contributed by atoms with E-state index in [0.717, 1.165) is 0 Å². The van der Waals surface area contributed by atoms with E-state index in [1.807, 2.05) is 6.07 Å². The van der Waals surface area contributed by atoms with Crippen molar-refractivity contribution < 1.29 is 28.5 Å². The van der Waals surface area contributed by atoms with E-state index < -0.39 is 0 Å². The number of hydroxylamine groups is 1. The molecule has 3 nitrogen and oxygen atoms in total. The number of hydrogen-bond acceptors (Lipinski definition) is 2. The molecule has 0 aromatic heterocycles. The molecule has 1 N–H and O–H groups in total. The van der Waals surface area contributed by atoms with E-state index in [2.05, 4.69) is 8.97 Å². The molecule has 0 aliphatic rings.